The molecule has 6 aliphatic rings. The van der Waals surface area contributed by atoms with Crippen LogP contribution in [0.1, 0.15) is 46.5 Å². The van der Waals surface area contributed by atoms with E-state index in [0.29, 0.717) is 31.3 Å². The lowest BCUT2D eigenvalue weighted by atomic mass is 9.35. The van der Waals surface area contributed by atoms with Gasteiger partial charge in [-0.2, -0.15) is 0 Å². The smallest absolute Gasteiger partial charge is 0.302 e. The lowest BCUT2D eigenvalue weighted by molar-refractivity contribution is -0.473. The molecule has 162 valence electrons. The Labute approximate surface area is 170 Å². The average Bonchev–Trinajstić information content (AvgIpc) is 2.82. The molecule has 2 heterocycles. The Hall–Kier alpha value is -0.990. The van der Waals surface area contributed by atoms with E-state index in [1.807, 2.05) is 13.8 Å². The minimum Gasteiger partial charge on any atom is -0.462 e. The number of aliphatic hydroxyl groups excluding tert-OH is 3. The number of ether oxygens (including phenoxy) is 2. The maximum absolute atomic E-state index is 12.0. The summed E-state index contributed by atoms with van der Waals surface area (Å²) in [5, 5.41) is 46.1. The highest BCUT2D eigenvalue weighted by atomic mass is 16.6. The van der Waals surface area contributed by atoms with Crippen molar-refractivity contribution >= 4 is 5.97 Å². The van der Waals surface area contributed by atoms with E-state index in [9.17, 15) is 25.2 Å². The van der Waals surface area contributed by atoms with E-state index < -0.39 is 58.8 Å². The molecule has 0 aromatic rings. The maximum Gasteiger partial charge on any atom is 0.302 e. The van der Waals surface area contributed by atoms with Gasteiger partial charge in [0, 0.05) is 24.2 Å². The molecule has 7 nitrogen and oxygen atoms in total. The third-order valence-corrected chi connectivity index (χ3v) is 9.32. The maximum atomic E-state index is 12.0. The molecule has 4 saturated carbocycles. The van der Waals surface area contributed by atoms with Crippen LogP contribution >= 0.6 is 0 Å². The van der Waals surface area contributed by atoms with E-state index in [1.165, 1.54) is 6.92 Å². The molecular formula is C22H32O7. The van der Waals surface area contributed by atoms with E-state index in [1.54, 1.807) is 0 Å². The molecule has 2 spiro atoms. The molecule has 2 saturated heterocycles. The van der Waals surface area contributed by atoms with Crippen molar-refractivity contribution in [2.45, 2.75) is 76.7 Å². The van der Waals surface area contributed by atoms with Crippen LogP contribution in [0.5, 0.6) is 0 Å². The number of aliphatic hydroxyl groups is 4. The number of fused-ring (bicyclic) bond motifs is 2. The van der Waals surface area contributed by atoms with Crippen LogP contribution in [0.25, 0.3) is 0 Å². The van der Waals surface area contributed by atoms with E-state index in [0.717, 1.165) is 0 Å². The molecule has 10 atom stereocenters. The van der Waals surface area contributed by atoms with Crippen LogP contribution in [0, 0.1) is 34.0 Å². The highest BCUT2D eigenvalue weighted by Gasteiger charge is 2.85. The quantitative estimate of drug-likeness (QED) is 0.373. The van der Waals surface area contributed by atoms with Crippen LogP contribution < -0.4 is 0 Å². The summed E-state index contributed by atoms with van der Waals surface area (Å²) in [6, 6.07) is 0. The largest absolute Gasteiger partial charge is 0.462 e. The highest BCUT2D eigenvalue weighted by molar-refractivity contribution is 5.66. The fourth-order valence-corrected chi connectivity index (χ4v) is 8.43. The Balaban J connectivity index is 1.79. The van der Waals surface area contributed by atoms with Gasteiger partial charge in [-0.3, -0.25) is 4.79 Å². The number of rotatable bonds is 1. The molecule has 2 aliphatic heterocycles. The standard InChI is InChI=1S/C22H32O7/c1-10-12-7-13(29-11(2)23)15-20-9-28-22(27,21(15,8-12)17(10)25)18(26)16(20)19(3,4)6-5-14(20)24/h12-18,24-27H,1,5-9H2,2-4H3/t12-,13-,14+,15+,16-,17-,18+,20+,21+,22-/m1/s1. The third kappa shape index (κ3) is 2.00. The van der Waals surface area contributed by atoms with E-state index in [-0.39, 0.29) is 17.9 Å². The Morgan fingerprint density at radius 1 is 1.24 bits per heavy atom. The van der Waals surface area contributed by atoms with E-state index in [4.69, 9.17) is 9.47 Å². The molecule has 0 aromatic heterocycles. The molecule has 0 amide bonds. The Morgan fingerprint density at radius 3 is 2.59 bits per heavy atom. The van der Waals surface area contributed by atoms with Crippen molar-refractivity contribution in [2.75, 3.05) is 6.61 Å². The summed E-state index contributed by atoms with van der Waals surface area (Å²) in [5.74, 6) is -3.56. The zero-order valence-corrected chi connectivity index (χ0v) is 17.3. The monoisotopic (exact) mass is 408 g/mol. The molecule has 29 heavy (non-hydrogen) atoms. The first-order chi connectivity index (χ1) is 13.4. The van der Waals surface area contributed by atoms with Crippen LogP contribution in [0.4, 0.5) is 0 Å². The van der Waals surface area contributed by atoms with Crippen LogP contribution in [0.15, 0.2) is 12.2 Å². The summed E-state index contributed by atoms with van der Waals surface area (Å²) in [6.07, 6.45) is -1.64. The first-order valence-electron chi connectivity index (χ1n) is 10.7. The fourth-order valence-electron chi connectivity index (χ4n) is 8.43. The van der Waals surface area contributed by atoms with Gasteiger partial charge in [0.25, 0.3) is 0 Å². The molecule has 4 bridgehead atoms. The number of carbonyl (C=O) groups excluding carboxylic acids is 1. The second-order valence-corrected chi connectivity index (χ2v) is 10.8. The van der Waals surface area contributed by atoms with Crippen molar-refractivity contribution in [1.82, 2.24) is 0 Å². The van der Waals surface area contributed by atoms with Crippen molar-refractivity contribution in [3.8, 4) is 0 Å². The van der Waals surface area contributed by atoms with Gasteiger partial charge in [0.05, 0.1) is 24.2 Å². The average molecular weight is 408 g/mol. The second kappa shape index (κ2) is 5.62. The number of esters is 1. The van der Waals surface area contributed by atoms with Crippen LogP contribution in [-0.2, 0) is 14.3 Å². The van der Waals surface area contributed by atoms with Gasteiger partial charge in [-0.15, -0.1) is 0 Å². The summed E-state index contributed by atoms with van der Waals surface area (Å²) in [4.78, 5) is 12.0. The number of carbonyl (C=O) groups is 1. The lowest BCUT2D eigenvalue weighted by Crippen LogP contribution is -2.85. The molecule has 4 N–H and O–H groups in total. The van der Waals surface area contributed by atoms with Crippen LogP contribution in [0.2, 0.25) is 0 Å². The van der Waals surface area contributed by atoms with Gasteiger partial charge in [0.1, 0.15) is 12.2 Å². The molecule has 0 aromatic carbocycles. The van der Waals surface area contributed by atoms with E-state index >= 15 is 0 Å². The van der Waals surface area contributed by atoms with Gasteiger partial charge in [-0.1, -0.05) is 20.4 Å². The Kier molecular flexibility index (Phi) is 3.87. The summed E-state index contributed by atoms with van der Waals surface area (Å²) >= 11 is 0. The van der Waals surface area contributed by atoms with Gasteiger partial charge in [-0.25, -0.2) is 0 Å². The Morgan fingerprint density at radius 2 is 1.93 bits per heavy atom. The van der Waals surface area contributed by atoms with E-state index in [2.05, 4.69) is 6.58 Å². The molecule has 6 fully saturated rings. The van der Waals surface area contributed by atoms with Gasteiger partial charge in [-0.05, 0) is 42.6 Å². The first kappa shape index (κ1) is 19.9. The van der Waals surface area contributed by atoms with Crippen molar-refractivity contribution in [2.24, 2.45) is 34.0 Å². The molecule has 4 aliphatic carbocycles. The zero-order valence-electron chi connectivity index (χ0n) is 17.3. The third-order valence-electron chi connectivity index (χ3n) is 9.32. The Bertz CT molecular complexity index is 779. The molecule has 7 heteroatoms. The second-order valence-electron chi connectivity index (χ2n) is 10.8. The van der Waals surface area contributed by atoms with Crippen molar-refractivity contribution in [1.29, 1.82) is 0 Å². The molecular weight excluding hydrogens is 376 g/mol. The predicted octanol–water partition coefficient (Wildman–Crippen LogP) is 0.738. The SMILES string of the molecule is C=C1[C@@H]2C[C@@H](OC(C)=O)[C@H]3[C@@]45CO[C@](O)([C@@H](O)[C@@H]4C(C)(C)CC[C@@H]5O)[C@]3(C2)[C@@H]1O. The van der Waals surface area contributed by atoms with Crippen LogP contribution in [-0.4, -0.2) is 63.2 Å². The molecule has 0 radical (unpaired) electrons. The van der Waals surface area contributed by atoms with Gasteiger partial charge in [0.2, 0.25) is 5.79 Å². The molecule has 6 rings (SSSR count). The number of hydrogen-bond acceptors (Lipinski definition) is 7. The zero-order chi connectivity index (χ0) is 21.1. The topological polar surface area (TPSA) is 116 Å². The van der Waals surface area contributed by atoms with Gasteiger partial charge >= 0.3 is 5.97 Å². The summed E-state index contributed by atoms with van der Waals surface area (Å²) < 4.78 is 11.7. The number of hydrogen-bond donors (Lipinski definition) is 4. The van der Waals surface area contributed by atoms with Crippen molar-refractivity contribution in [3.63, 3.8) is 0 Å². The fraction of sp³-hybridized carbons (Fsp3) is 0.864. The minimum atomic E-state index is -1.99. The summed E-state index contributed by atoms with van der Waals surface area (Å²) in [7, 11) is 0. The highest BCUT2D eigenvalue weighted by Crippen LogP contribution is 2.77. The predicted molar refractivity (Wildman–Crippen MR) is 101 cm³/mol. The van der Waals surface area contributed by atoms with Crippen LogP contribution in [0.3, 0.4) is 0 Å². The normalized spacial score (nSPS) is 57.2. The van der Waals surface area contributed by atoms with Crippen molar-refractivity contribution in [3.05, 3.63) is 12.2 Å². The summed E-state index contributed by atoms with van der Waals surface area (Å²) in [5.41, 5.74) is -1.98. The lowest BCUT2D eigenvalue weighted by Gasteiger charge is -2.75. The first-order valence-corrected chi connectivity index (χ1v) is 10.7. The van der Waals surface area contributed by atoms with Gasteiger partial charge < -0.3 is 29.9 Å². The summed E-state index contributed by atoms with van der Waals surface area (Å²) in [6.45, 7) is 9.56. The molecule has 0 unspecified atom stereocenters. The minimum absolute atomic E-state index is 0.0594. The van der Waals surface area contributed by atoms with Crippen molar-refractivity contribution < 1.29 is 34.7 Å². The van der Waals surface area contributed by atoms with Gasteiger partial charge in [0.15, 0.2) is 0 Å².